The zero-order valence-corrected chi connectivity index (χ0v) is 19.3. The van der Waals surface area contributed by atoms with Gasteiger partial charge in [-0.15, -0.1) is 0 Å². The molecule has 0 bridgehead atoms. The summed E-state index contributed by atoms with van der Waals surface area (Å²) in [6.45, 7) is 0.523. The summed E-state index contributed by atoms with van der Waals surface area (Å²) in [6, 6.07) is 9.56. The van der Waals surface area contributed by atoms with E-state index < -0.39 is 29.7 Å². The third-order valence-electron chi connectivity index (χ3n) is 5.54. The number of hydrogen-bond donors (Lipinski definition) is 1. The summed E-state index contributed by atoms with van der Waals surface area (Å²) in [6.07, 6.45) is 1.46. The molecule has 0 saturated carbocycles. The van der Waals surface area contributed by atoms with Gasteiger partial charge in [-0.05, 0) is 35.9 Å². The van der Waals surface area contributed by atoms with Gasteiger partial charge in [0.05, 0.1) is 17.9 Å². The number of carbonyl (C=O) groups is 2. The Balaban J connectivity index is 1.55. The standard InChI is InChI=1S/C24H20ClF2N3O5/c1-14(32)29-13-30(22(33)11-31)19-5-2-15(8-20(19)29)10-28-7-6-21(23(25)24(28)34)35-12-16-3-4-17(26)9-18(16)27/h2-9,31H,10-13H2,1H3. The third kappa shape index (κ3) is 4.89. The third-order valence-corrected chi connectivity index (χ3v) is 5.89. The first kappa shape index (κ1) is 24.4. The maximum absolute atomic E-state index is 13.8. The molecule has 0 spiro atoms. The van der Waals surface area contributed by atoms with Gasteiger partial charge in [0, 0.05) is 24.8 Å². The highest BCUT2D eigenvalue weighted by molar-refractivity contribution is 6.31. The lowest BCUT2D eigenvalue weighted by molar-refractivity contribution is -0.121. The molecule has 182 valence electrons. The second-order valence-electron chi connectivity index (χ2n) is 7.84. The summed E-state index contributed by atoms with van der Waals surface area (Å²) in [5.74, 6) is -2.26. The van der Waals surface area contributed by atoms with Crippen LogP contribution in [0.2, 0.25) is 5.02 Å². The SMILES string of the molecule is CC(=O)N1CN(C(=O)CO)c2ccc(Cn3ccc(OCc4ccc(F)cc4F)c(Cl)c3=O)cc21. The molecule has 0 unspecified atom stereocenters. The Morgan fingerprint density at radius 1 is 1.09 bits per heavy atom. The van der Waals surface area contributed by atoms with Crippen molar-refractivity contribution >= 4 is 34.8 Å². The minimum Gasteiger partial charge on any atom is -0.487 e. The summed E-state index contributed by atoms with van der Waals surface area (Å²) < 4.78 is 33.7. The highest BCUT2D eigenvalue weighted by Crippen LogP contribution is 2.37. The molecule has 0 radical (unpaired) electrons. The van der Waals surface area contributed by atoms with Crippen LogP contribution in [0.25, 0.3) is 0 Å². The second-order valence-corrected chi connectivity index (χ2v) is 8.22. The van der Waals surface area contributed by atoms with Crippen molar-refractivity contribution in [1.29, 1.82) is 0 Å². The smallest absolute Gasteiger partial charge is 0.273 e. The zero-order valence-electron chi connectivity index (χ0n) is 18.5. The fraction of sp³-hybridized carbons (Fsp3) is 0.208. The summed E-state index contributed by atoms with van der Waals surface area (Å²) in [4.78, 5) is 39.6. The van der Waals surface area contributed by atoms with E-state index in [1.54, 1.807) is 18.2 Å². The van der Waals surface area contributed by atoms with Gasteiger partial charge < -0.3 is 14.4 Å². The first-order valence-electron chi connectivity index (χ1n) is 10.5. The van der Waals surface area contributed by atoms with Crippen molar-refractivity contribution in [3.05, 3.63) is 86.8 Å². The van der Waals surface area contributed by atoms with Crippen molar-refractivity contribution in [2.24, 2.45) is 0 Å². The molecular formula is C24H20ClF2N3O5. The van der Waals surface area contributed by atoms with Gasteiger partial charge in [-0.25, -0.2) is 8.78 Å². The van der Waals surface area contributed by atoms with Crippen LogP contribution >= 0.6 is 11.6 Å². The molecule has 2 heterocycles. The Hall–Kier alpha value is -3.76. The molecule has 0 fully saturated rings. The van der Waals surface area contributed by atoms with Crippen molar-refractivity contribution in [3.8, 4) is 5.75 Å². The zero-order chi connectivity index (χ0) is 25.3. The number of pyridine rings is 1. The minimum absolute atomic E-state index is 0.0139. The molecule has 1 aliphatic rings. The van der Waals surface area contributed by atoms with E-state index in [1.807, 2.05) is 0 Å². The Labute approximate surface area is 203 Å². The summed E-state index contributed by atoms with van der Waals surface area (Å²) >= 11 is 6.19. The molecule has 8 nitrogen and oxygen atoms in total. The lowest BCUT2D eigenvalue weighted by Crippen LogP contribution is -2.38. The van der Waals surface area contributed by atoms with Gasteiger partial charge in [0.2, 0.25) is 5.91 Å². The molecule has 3 aromatic rings. The van der Waals surface area contributed by atoms with Gasteiger partial charge in [-0.1, -0.05) is 17.7 Å². The van der Waals surface area contributed by atoms with Crippen LogP contribution in [0.4, 0.5) is 20.2 Å². The van der Waals surface area contributed by atoms with Crippen LogP contribution in [0.5, 0.6) is 5.75 Å². The van der Waals surface area contributed by atoms with Gasteiger partial charge in [-0.3, -0.25) is 24.2 Å². The van der Waals surface area contributed by atoms with Crippen molar-refractivity contribution in [3.63, 3.8) is 0 Å². The Morgan fingerprint density at radius 2 is 1.86 bits per heavy atom. The first-order chi connectivity index (χ1) is 16.7. The molecule has 2 aromatic carbocycles. The van der Waals surface area contributed by atoms with Crippen molar-refractivity contribution < 1.29 is 28.2 Å². The van der Waals surface area contributed by atoms with Crippen LogP contribution in [0.1, 0.15) is 18.1 Å². The molecule has 11 heteroatoms. The van der Waals surface area contributed by atoms with E-state index >= 15 is 0 Å². The normalized spacial score (nSPS) is 12.6. The van der Waals surface area contributed by atoms with E-state index in [9.17, 15) is 28.3 Å². The fourth-order valence-electron chi connectivity index (χ4n) is 3.73. The molecule has 2 amide bonds. The molecule has 0 atom stereocenters. The first-order valence-corrected chi connectivity index (χ1v) is 10.8. The Morgan fingerprint density at radius 3 is 2.54 bits per heavy atom. The monoisotopic (exact) mass is 503 g/mol. The van der Waals surface area contributed by atoms with E-state index in [0.717, 1.165) is 12.1 Å². The number of ether oxygens (including phenoxy) is 1. The van der Waals surface area contributed by atoms with Crippen molar-refractivity contribution in [2.45, 2.75) is 20.1 Å². The molecule has 0 saturated heterocycles. The van der Waals surface area contributed by atoms with Gasteiger partial charge in [-0.2, -0.15) is 0 Å². The van der Waals surface area contributed by atoms with Gasteiger partial charge in [0.25, 0.3) is 11.5 Å². The number of amides is 2. The van der Waals surface area contributed by atoms with Crippen LogP contribution in [0.3, 0.4) is 0 Å². The lowest BCUT2D eigenvalue weighted by Gasteiger charge is -2.16. The van der Waals surface area contributed by atoms with E-state index in [1.165, 1.54) is 39.6 Å². The van der Waals surface area contributed by atoms with Gasteiger partial charge in [0.1, 0.15) is 42.3 Å². The average molecular weight is 504 g/mol. The molecule has 1 aromatic heterocycles. The van der Waals surface area contributed by atoms with Crippen LogP contribution in [-0.4, -0.2) is 34.8 Å². The maximum Gasteiger partial charge on any atom is 0.273 e. The van der Waals surface area contributed by atoms with Gasteiger partial charge in [0.15, 0.2) is 0 Å². The summed E-state index contributed by atoms with van der Waals surface area (Å²) in [5.41, 5.74) is 1.18. The number of rotatable bonds is 6. The fourth-order valence-corrected chi connectivity index (χ4v) is 3.96. The molecule has 35 heavy (non-hydrogen) atoms. The van der Waals surface area contributed by atoms with E-state index in [0.29, 0.717) is 16.9 Å². The Kier molecular flexibility index (Phi) is 6.86. The lowest BCUT2D eigenvalue weighted by atomic mass is 10.1. The maximum atomic E-state index is 13.8. The number of anilines is 2. The topological polar surface area (TPSA) is 92.1 Å². The number of carbonyl (C=O) groups excluding carboxylic acids is 2. The minimum atomic E-state index is -0.773. The van der Waals surface area contributed by atoms with Gasteiger partial charge >= 0.3 is 0 Å². The van der Waals surface area contributed by atoms with Crippen molar-refractivity contribution in [1.82, 2.24) is 4.57 Å². The van der Waals surface area contributed by atoms with Crippen LogP contribution in [-0.2, 0) is 22.7 Å². The largest absolute Gasteiger partial charge is 0.487 e. The highest BCUT2D eigenvalue weighted by Gasteiger charge is 2.32. The van der Waals surface area contributed by atoms with Crippen LogP contribution < -0.4 is 20.1 Å². The number of nitrogens with zero attached hydrogens (tertiary/aromatic N) is 3. The number of aliphatic hydroxyl groups is 1. The van der Waals surface area contributed by atoms with Crippen LogP contribution in [0, 0.1) is 11.6 Å². The molecule has 1 N–H and O–H groups in total. The predicted molar refractivity (Wildman–Crippen MR) is 125 cm³/mol. The molecule has 4 rings (SSSR count). The number of halogens is 3. The molecule has 0 aliphatic carbocycles. The number of aliphatic hydroxyl groups excluding tert-OH is 1. The van der Waals surface area contributed by atoms with Crippen molar-refractivity contribution in [2.75, 3.05) is 23.1 Å². The number of fused-ring (bicyclic) bond motifs is 1. The Bertz CT molecular complexity index is 1380. The van der Waals surface area contributed by atoms with E-state index in [-0.39, 0.29) is 42.1 Å². The summed E-state index contributed by atoms with van der Waals surface area (Å²) in [7, 11) is 0. The predicted octanol–water partition coefficient (Wildman–Crippen LogP) is 3.06. The highest BCUT2D eigenvalue weighted by atomic mass is 35.5. The number of benzene rings is 2. The second kappa shape index (κ2) is 9.85. The average Bonchev–Trinajstić information content (AvgIpc) is 3.21. The number of hydrogen-bond acceptors (Lipinski definition) is 5. The molecule has 1 aliphatic heterocycles. The molecular weight excluding hydrogens is 484 g/mol. The number of aromatic nitrogens is 1. The van der Waals surface area contributed by atoms with E-state index in [4.69, 9.17) is 16.3 Å². The van der Waals surface area contributed by atoms with E-state index in [2.05, 4.69) is 0 Å². The van der Waals surface area contributed by atoms with Crippen LogP contribution in [0.15, 0.2) is 53.5 Å². The quantitative estimate of drug-likeness (QED) is 0.558. The summed E-state index contributed by atoms with van der Waals surface area (Å²) in [5, 5.41) is 9.01.